The highest BCUT2D eigenvalue weighted by Gasteiger charge is 2.31. The zero-order valence-corrected chi connectivity index (χ0v) is 21.4. The average Bonchev–Trinajstić information content (AvgIpc) is 3.76. The second-order valence-electron chi connectivity index (χ2n) is 9.13. The molecule has 0 fully saturated rings. The van der Waals surface area contributed by atoms with Crippen molar-refractivity contribution in [3.8, 4) is 22.8 Å². The number of alkyl halides is 3. The van der Waals surface area contributed by atoms with Gasteiger partial charge < -0.3 is 9.13 Å². The summed E-state index contributed by atoms with van der Waals surface area (Å²) in [7, 11) is 3.72. The van der Waals surface area contributed by atoms with Gasteiger partial charge in [-0.3, -0.25) is 0 Å². The maximum atomic E-state index is 13.3. The first-order valence-corrected chi connectivity index (χ1v) is 12.1. The Balaban J connectivity index is 1.39. The predicted octanol–water partition coefficient (Wildman–Crippen LogP) is 3.85. The van der Waals surface area contributed by atoms with Crippen LogP contribution in [0.1, 0.15) is 5.56 Å². The van der Waals surface area contributed by atoms with E-state index in [2.05, 4.69) is 40.6 Å². The first kappa shape index (κ1) is 24.4. The maximum absolute atomic E-state index is 13.3. The van der Waals surface area contributed by atoms with E-state index in [0.717, 1.165) is 12.1 Å². The molecule has 1 aromatic carbocycles. The van der Waals surface area contributed by atoms with Crippen molar-refractivity contribution in [3.63, 3.8) is 0 Å². The molecule has 6 heterocycles. The summed E-state index contributed by atoms with van der Waals surface area (Å²) in [5.41, 5.74) is 1.70. The van der Waals surface area contributed by atoms with Crippen LogP contribution < -0.4 is 4.90 Å². The number of imidazole rings is 2. The largest absolute Gasteiger partial charge is 0.416 e. The van der Waals surface area contributed by atoms with Crippen LogP contribution in [0.5, 0.6) is 0 Å². The molecule has 0 aliphatic carbocycles. The Labute approximate surface area is 228 Å². The average molecular weight is 558 g/mol. The molecule has 0 N–H and O–H groups in total. The number of rotatable bonds is 5. The fourth-order valence-electron chi connectivity index (χ4n) is 4.49. The van der Waals surface area contributed by atoms with E-state index in [1.807, 2.05) is 35.6 Å². The lowest BCUT2D eigenvalue weighted by atomic mass is 10.2. The van der Waals surface area contributed by atoms with Gasteiger partial charge in [-0.05, 0) is 36.4 Å². The number of benzene rings is 1. The minimum atomic E-state index is -4.50. The second kappa shape index (κ2) is 8.94. The van der Waals surface area contributed by atoms with Crippen molar-refractivity contribution in [2.24, 2.45) is 14.1 Å². The third-order valence-electron chi connectivity index (χ3n) is 6.50. The van der Waals surface area contributed by atoms with Crippen LogP contribution in [0.4, 0.5) is 30.8 Å². The number of hydrogen-bond acceptors (Lipinski definition) is 9. The van der Waals surface area contributed by atoms with Gasteiger partial charge in [0.1, 0.15) is 11.6 Å². The molecule has 0 spiro atoms. The molecule has 41 heavy (non-hydrogen) atoms. The number of nitrogens with zero attached hydrogens (tertiary/aromatic N) is 13. The lowest BCUT2D eigenvalue weighted by Crippen LogP contribution is -2.18. The number of hydrogen-bond donors (Lipinski definition) is 0. The zero-order valence-electron chi connectivity index (χ0n) is 21.4. The number of anilines is 3. The Bertz CT molecular complexity index is 1910. The van der Waals surface area contributed by atoms with Crippen molar-refractivity contribution in [1.82, 2.24) is 58.7 Å². The highest BCUT2D eigenvalue weighted by atomic mass is 19.4. The topological polar surface area (TPSA) is 125 Å². The van der Waals surface area contributed by atoms with E-state index < -0.39 is 11.7 Å². The number of fused-ring (bicyclic) bond motifs is 2. The van der Waals surface area contributed by atoms with Gasteiger partial charge in [0.25, 0.3) is 11.9 Å². The van der Waals surface area contributed by atoms with Crippen molar-refractivity contribution >= 4 is 28.9 Å². The van der Waals surface area contributed by atoms with E-state index >= 15 is 0 Å². The Kier molecular flexibility index (Phi) is 5.31. The third-order valence-corrected chi connectivity index (χ3v) is 6.50. The van der Waals surface area contributed by atoms with Crippen LogP contribution in [0.25, 0.3) is 34.1 Å². The molecule has 0 saturated heterocycles. The molecule has 0 bridgehead atoms. The van der Waals surface area contributed by atoms with Gasteiger partial charge in [-0.15, -0.1) is 20.4 Å². The number of aromatic nitrogens is 12. The Hall–Kier alpha value is -5.67. The minimum Gasteiger partial charge on any atom is -0.334 e. The van der Waals surface area contributed by atoms with Crippen LogP contribution in [-0.4, -0.2) is 58.7 Å². The van der Waals surface area contributed by atoms with Crippen LogP contribution >= 0.6 is 0 Å². The lowest BCUT2D eigenvalue weighted by Gasteiger charge is -2.20. The summed E-state index contributed by atoms with van der Waals surface area (Å²) in [5, 5.41) is 26.2. The minimum absolute atomic E-state index is 0.162. The molecule has 7 rings (SSSR count). The Morgan fingerprint density at radius 3 is 1.59 bits per heavy atom. The normalized spacial score (nSPS) is 12.0. The number of aryl methyl sites for hydroxylation is 2. The van der Waals surface area contributed by atoms with Gasteiger partial charge >= 0.3 is 6.18 Å². The molecule has 7 aromatic rings. The summed E-state index contributed by atoms with van der Waals surface area (Å²) >= 11 is 0. The molecule has 13 nitrogen and oxygen atoms in total. The lowest BCUT2D eigenvalue weighted by molar-refractivity contribution is -0.137. The number of halogens is 3. The summed E-state index contributed by atoms with van der Waals surface area (Å²) < 4.78 is 46.6. The first-order valence-electron chi connectivity index (χ1n) is 12.1. The Morgan fingerprint density at radius 1 is 0.683 bits per heavy atom. The fourth-order valence-corrected chi connectivity index (χ4v) is 4.49. The van der Waals surface area contributed by atoms with E-state index in [-0.39, 0.29) is 11.9 Å². The quantitative estimate of drug-likeness (QED) is 0.310. The maximum Gasteiger partial charge on any atom is 0.416 e. The van der Waals surface area contributed by atoms with E-state index in [1.165, 1.54) is 26.1 Å². The molecule has 0 atom stereocenters. The molecule has 0 saturated carbocycles. The van der Waals surface area contributed by atoms with Crippen molar-refractivity contribution in [2.75, 3.05) is 4.90 Å². The Morgan fingerprint density at radius 2 is 1.17 bits per heavy atom. The van der Waals surface area contributed by atoms with Gasteiger partial charge in [0, 0.05) is 50.0 Å². The second-order valence-corrected chi connectivity index (χ2v) is 9.13. The van der Waals surface area contributed by atoms with Crippen LogP contribution in [0.15, 0.2) is 73.6 Å². The van der Waals surface area contributed by atoms with Crippen molar-refractivity contribution in [2.45, 2.75) is 6.18 Å². The zero-order chi connectivity index (χ0) is 28.3. The molecule has 6 aromatic heterocycles. The summed E-state index contributed by atoms with van der Waals surface area (Å²) in [6.45, 7) is 0. The van der Waals surface area contributed by atoms with Crippen LogP contribution in [0.3, 0.4) is 0 Å². The van der Waals surface area contributed by atoms with Gasteiger partial charge in [0.15, 0.2) is 11.3 Å². The summed E-state index contributed by atoms with van der Waals surface area (Å²) in [5.74, 6) is 1.69. The first-order chi connectivity index (χ1) is 19.8. The van der Waals surface area contributed by atoms with Crippen LogP contribution in [-0.2, 0) is 20.3 Å². The van der Waals surface area contributed by atoms with Gasteiger partial charge in [0.2, 0.25) is 0 Å². The van der Waals surface area contributed by atoms with E-state index in [4.69, 9.17) is 0 Å². The fraction of sp³-hybridized carbons (Fsp3) is 0.120. The van der Waals surface area contributed by atoms with Crippen molar-refractivity contribution in [3.05, 3.63) is 79.1 Å². The molecular weight excluding hydrogens is 539 g/mol. The monoisotopic (exact) mass is 557 g/mol. The molecule has 0 unspecified atom stereocenters. The molecule has 0 radical (unpaired) electrons. The molecule has 16 heteroatoms. The van der Waals surface area contributed by atoms with Crippen LogP contribution in [0, 0.1) is 0 Å². The highest BCUT2D eigenvalue weighted by Crippen LogP contribution is 2.36. The predicted molar refractivity (Wildman–Crippen MR) is 139 cm³/mol. The molecule has 204 valence electrons. The van der Waals surface area contributed by atoms with Gasteiger partial charge in [-0.1, -0.05) is 0 Å². The van der Waals surface area contributed by atoms with Crippen LogP contribution in [0.2, 0.25) is 0 Å². The standard InChI is InChI=1S/C25H18F3N13/c1-37-9-7-29-21(37)15-11-19-33-35-23(40(19)31-13-15)39(18-5-3-17(4-6-18)25(26,27)28)24-36-34-20-12-16(14-32-41(20)24)22-30-8-10-38(22)2/h3-14H,1-2H3. The SMILES string of the molecule is Cn1ccnc1-c1cnn2c(N(c3ccc(C(F)(F)F)cc3)c3nnc4cc(-c5nccn5C)cnn34)nnc2c1. The third kappa shape index (κ3) is 4.03. The summed E-state index contributed by atoms with van der Waals surface area (Å²) in [6, 6.07) is 8.11. The van der Waals surface area contributed by atoms with Gasteiger partial charge in [0.05, 0.1) is 23.6 Å². The summed E-state index contributed by atoms with van der Waals surface area (Å²) in [6.07, 6.45) is 5.67. The highest BCUT2D eigenvalue weighted by molar-refractivity contribution is 5.72. The van der Waals surface area contributed by atoms with Crippen molar-refractivity contribution < 1.29 is 13.2 Å². The molecular formula is C25H18F3N13. The molecule has 0 aliphatic rings. The smallest absolute Gasteiger partial charge is 0.334 e. The van der Waals surface area contributed by atoms with Crippen molar-refractivity contribution in [1.29, 1.82) is 0 Å². The molecule has 0 amide bonds. The van der Waals surface area contributed by atoms with Gasteiger partial charge in [-0.25, -0.2) is 14.9 Å². The summed E-state index contributed by atoms with van der Waals surface area (Å²) in [4.78, 5) is 10.2. The van der Waals surface area contributed by atoms with E-state index in [1.54, 1.807) is 36.9 Å². The van der Waals surface area contributed by atoms with E-state index in [0.29, 0.717) is 39.8 Å². The van der Waals surface area contributed by atoms with Gasteiger partial charge in [-0.2, -0.15) is 32.4 Å². The molecule has 0 aliphatic heterocycles. The van der Waals surface area contributed by atoms with E-state index in [9.17, 15) is 13.2 Å².